The van der Waals surface area contributed by atoms with Gasteiger partial charge in [0.2, 0.25) is 0 Å². The van der Waals surface area contributed by atoms with Gasteiger partial charge in [0, 0.05) is 0 Å². The highest BCUT2D eigenvalue weighted by Gasteiger charge is 2.14. The first kappa shape index (κ1) is 11.0. The Kier molecular flexibility index (Phi) is 3.49. The van der Waals surface area contributed by atoms with E-state index < -0.39 is 12.0 Å². The summed E-state index contributed by atoms with van der Waals surface area (Å²) in [6.45, 7) is 0. The van der Waals surface area contributed by atoms with Crippen LogP contribution in [0.4, 0.5) is 0 Å². The lowest BCUT2D eigenvalue weighted by Gasteiger charge is -2.09. The monoisotopic (exact) mass is 259 g/mol. The molecule has 1 unspecified atom stereocenters. The van der Waals surface area contributed by atoms with Gasteiger partial charge in [-0.25, -0.2) is 0 Å². The zero-order valence-electron chi connectivity index (χ0n) is 7.53. The molecule has 0 aromatic heterocycles. The number of carbonyl (C=O) groups excluding carboxylic acids is 1. The summed E-state index contributed by atoms with van der Waals surface area (Å²) in [5.41, 5.74) is 5.39. The Labute approximate surface area is 89.8 Å². The van der Waals surface area contributed by atoms with E-state index in [1.54, 1.807) is 18.2 Å². The van der Waals surface area contributed by atoms with Crippen molar-refractivity contribution in [1.29, 1.82) is 0 Å². The van der Waals surface area contributed by atoms with Gasteiger partial charge in [-0.2, -0.15) is 0 Å². The largest absolute Gasteiger partial charge is 0.496 e. The Balaban J connectivity index is 3.02. The van der Waals surface area contributed by atoms with E-state index in [4.69, 9.17) is 10.5 Å². The van der Waals surface area contributed by atoms with Gasteiger partial charge in [-0.05, 0) is 33.6 Å². The third-order valence-electron chi connectivity index (χ3n) is 1.76. The number of aliphatic hydroxyl groups excluding tert-OH is 1. The summed E-state index contributed by atoms with van der Waals surface area (Å²) in [6, 6.07) is 4.82. The van der Waals surface area contributed by atoms with E-state index in [1.807, 2.05) is 0 Å². The molecule has 4 nitrogen and oxygen atoms in total. The fraction of sp³-hybridized carbons (Fsp3) is 0.222. The molecule has 5 heteroatoms. The Bertz CT molecular complexity index is 354. The minimum absolute atomic E-state index is 0.435. The van der Waals surface area contributed by atoms with Crippen LogP contribution >= 0.6 is 15.9 Å². The second kappa shape index (κ2) is 4.43. The zero-order valence-corrected chi connectivity index (χ0v) is 9.11. The Morgan fingerprint density at radius 3 is 2.71 bits per heavy atom. The number of methoxy groups -OCH3 is 1. The molecule has 1 aromatic carbocycles. The lowest BCUT2D eigenvalue weighted by molar-refractivity contribution is -0.126. The van der Waals surface area contributed by atoms with Gasteiger partial charge in [0.05, 0.1) is 11.6 Å². The molecule has 0 radical (unpaired) electrons. The van der Waals surface area contributed by atoms with Crippen LogP contribution in [0.1, 0.15) is 11.7 Å². The topological polar surface area (TPSA) is 72.6 Å². The van der Waals surface area contributed by atoms with Crippen LogP contribution in [0.2, 0.25) is 0 Å². The molecular formula is C9H10BrNO3. The maximum Gasteiger partial charge on any atom is 0.250 e. The van der Waals surface area contributed by atoms with Crippen LogP contribution in [-0.2, 0) is 4.79 Å². The molecule has 0 saturated heterocycles. The summed E-state index contributed by atoms with van der Waals surface area (Å²) in [6.07, 6.45) is -1.28. The Hall–Kier alpha value is -1.07. The summed E-state index contributed by atoms with van der Waals surface area (Å²) < 4.78 is 5.66. The van der Waals surface area contributed by atoms with Crippen LogP contribution in [0.3, 0.4) is 0 Å². The van der Waals surface area contributed by atoms with Gasteiger partial charge in [0.25, 0.3) is 5.91 Å². The fourth-order valence-corrected chi connectivity index (χ4v) is 1.58. The van der Waals surface area contributed by atoms with Crippen molar-refractivity contribution in [2.24, 2.45) is 5.73 Å². The van der Waals surface area contributed by atoms with E-state index in [9.17, 15) is 9.90 Å². The minimum Gasteiger partial charge on any atom is -0.496 e. The predicted molar refractivity (Wildman–Crippen MR) is 54.8 cm³/mol. The quantitative estimate of drug-likeness (QED) is 0.850. The highest BCUT2D eigenvalue weighted by Crippen LogP contribution is 2.27. The van der Waals surface area contributed by atoms with E-state index in [-0.39, 0.29) is 0 Å². The highest BCUT2D eigenvalue weighted by molar-refractivity contribution is 9.10. The summed E-state index contributed by atoms with van der Waals surface area (Å²) in [5.74, 6) is -0.146. The predicted octanol–water partition coefficient (Wildman–Crippen LogP) is 0.976. The van der Waals surface area contributed by atoms with Crippen molar-refractivity contribution in [1.82, 2.24) is 0 Å². The van der Waals surface area contributed by atoms with E-state index in [2.05, 4.69) is 15.9 Å². The van der Waals surface area contributed by atoms with E-state index in [1.165, 1.54) is 7.11 Å². The van der Waals surface area contributed by atoms with Crippen LogP contribution < -0.4 is 10.5 Å². The normalized spacial score (nSPS) is 12.2. The number of nitrogens with two attached hydrogens (primary N) is 1. The second-order valence-corrected chi connectivity index (χ2v) is 3.55. The maximum atomic E-state index is 10.7. The molecule has 1 rings (SSSR count). The second-order valence-electron chi connectivity index (χ2n) is 2.70. The number of hydrogen-bond donors (Lipinski definition) is 2. The van der Waals surface area contributed by atoms with E-state index >= 15 is 0 Å². The molecule has 0 aliphatic heterocycles. The van der Waals surface area contributed by atoms with Gasteiger partial charge in [-0.15, -0.1) is 0 Å². The van der Waals surface area contributed by atoms with Crippen molar-refractivity contribution in [3.05, 3.63) is 28.2 Å². The number of carbonyl (C=O) groups is 1. The minimum atomic E-state index is -1.28. The number of rotatable bonds is 3. The van der Waals surface area contributed by atoms with Crippen LogP contribution in [0, 0.1) is 0 Å². The molecule has 1 aromatic rings. The van der Waals surface area contributed by atoms with Crippen molar-refractivity contribution in [3.63, 3.8) is 0 Å². The van der Waals surface area contributed by atoms with E-state index in [0.717, 1.165) is 0 Å². The highest BCUT2D eigenvalue weighted by atomic mass is 79.9. The Morgan fingerprint density at radius 1 is 1.64 bits per heavy atom. The molecular weight excluding hydrogens is 250 g/mol. The molecule has 0 bridgehead atoms. The molecule has 0 fully saturated rings. The first-order valence-electron chi connectivity index (χ1n) is 3.87. The van der Waals surface area contributed by atoms with Gasteiger partial charge in [0.1, 0.15) is 5.75 Å². The van der Waals surface area contributed by atoms with Crippen LogP contribution in [0.5, 0.6) is 5.75 Å². The summed E-state index contributed by atoms with van der Waals surface area (Å²) in [4.78, 5) is 10.7. The van der Waals surface area contributed by atoms with Crippen LogP contribution in [0.15, 0.2) is 22.7 Å². The van der Waals surface area contributed by atoms with Crippen molar-refractivity contribution >= 4 is 21.8 Å². The van der Waals surface area contributed by atoms with Gasteiger partial charge < -0.3 is 15.6 Å². The lowest BCUT2D eigenvalue weighted by Crippen LogP contribution is -2.20. The van der Waals surface area contributed by atoms with Gasteiger partial charge >= 0.3 is 0 Å². The third kappa shape index (κ3) is 2.24. The standard InChI is InChI=1S/C9H10BrNO3/c1-14-7-3-2-5(4-6(7)10)8(12)9(11)13/h2-4,8,12H,1H3,(H2,11,13). The molecule has 14 heavy (non-hydrogen) atoms. The van der Waals surface area contributed by atoms with Crippen molar-refractivity contribution in [2.75, 3.05) is 7.11 Å². The molecule has 1 amide bonds. The number of halogens is 1. The fourth-order valence-electron chi connectivity index (χ4n) is 1.02. The van der Waals surface area contributed by atoms with E-state index in [0.29, 0.717) is 15.8 Å². The average Bonchev–Trinajstić information content (AvgIpc) is 2.16. The zero-order chi connectivity index (χ0) is 10.7. The van der Waals surface area contributed by atoms with Crippen molar-refractivity contribution in [3.8, 4) is 5.75 Å². The molecule has 0 aliphatic rings. The number of ether oxygens (including phenoxy) is 1. The molecule has 0 spiro atoms. The number of aliphatic hydroxyl groups is 1. The molecule has 0 heterocycles. The van der Waals surface area contributed by atoms with Gasteiger partial charge in [0.15, 0.2) is 6.10 Å². The SMILES string of the molecule is COc1ccc(C(O)C(N)=O)cc1Br. The molecule has 0 saturated carbocycles. The molecule has 1 atom stereocenters. The molecule has 76 valence electrons. The van der Waals surface area contributed by atoms with Gasteiger partial charge in [-0.3, -0.25) is 4.79 Å². The average molecular weight is 260 g/mol. The smallest absolute Gasteiger partial charge is 0.250 e. The molecule has 0 aliphatic carbocycles. The first-order valence-corrected chi connectivity index (χ1v) is 4.66. The third-order valence-corrected chi connectivity index (χ3v) is 2.38. The lowest BCUT2D eigenvalue weighted by atomic mass is 10.1. The molecule has 3 N–H and O–H groups in total. The van der Waals surface area contributed by atoms with Crippen molar-refractivity contribution in [2.45, 2.75) is 6.10 Å². The summed E-state index contributed by atoms with van der Waals surface area (Å²) in [7, 11) is 1.53. The number of hydrogen-bond acceptors (Lipinski definition) is 3. The first-order chi connectivity index (χ1) is 6.56. The Morgan fingerprint density at radius 2 is 2.29 bits per heavy atom. The number of benzene rings is 1. The summed E-state index contributed by atoms with van der Waals surface area (Å²) in [5, 5.41) is 9.35. The van der Waals surface area contributed by atoms with Crippen LogP contribution in [-0.4, -0.2) is 18.1 Å². The van der Waals surface area contributed by atoms with Gasteiger partial charge in [-0.1, -0.05) is 6.07 Å². The summed E-state index contributed by atoms with van der Waals surface area (Å²) >= 11 is 3.24. The number of amides is 1. The van der Waals surface area contributed by atoms with Crippen molar-refractivity contribution < 1.29 is 14.6 Å². The maximum absolute atomic E-state index is 10.7. The number of primary amides is 1. The van der Waals surface area contributed by atoms with Crippen LogP contribution in [0.25, 0.3) is 0 Å².